The summed E-state index contributed by atoms with van der Waals surface area (Å²) >= 11 is 0. The molecule has 0 radical (unpaired) electrons. The molecule has 1 aliphatic carbocycles. The highest BCUT2D eigenvalue weighted by molar-refractivity contribution is 5.85. The van der Waals surface area contributed by atoms with Crippen LogP contribution < -0.4 is 5.73 Å². The lowest BCUT2D eigenvalue weighted by Gasteiger charge is -2.07. The Morgan fingerprint density at radius 1 is 1.19 bits per heavy atom. The van der Waals surface area contributed by atoms with Crippen LogP contribution in [0.2, 0.25) is 0 Å². The third-order valence-corrected chi connectivity index (χ3v) is 4.12. The first-order valence-corrected chi connectivity index (χ1v) is 7.27. The minimum absolute atomic E-state index is 0.470. The largest absolute Gasteiger partial charge is 0.454 e. The Bertz CT molecular complexity index is 847. The number of fused-ring (bicyclic) bond motifs is 1. The van der Waals surface area contributed by atoms with E-state index < -0.39 is 0 Å². The maximum atomic E-state index is 6.06. The molecule has 1 fully saturated rings. The van der Waals surface area contributed by atoms with E-state index in [4.69, 9.17) is 15.1 Å². The van der Waals surface area contributed by atoms with Crippen LogP contribution in [0.5, 0.6) is 0 Å². The average Bonchev–Trinajstić information content (AvgIpc) is 3.21. The Morgan fingerprint density at radius 3 is 2.71 bits per heavy atom. The molecule has 21 heavy (non-hydrogen) atoms. The molecule has 4 nitrogen and oxygen atoms in total. The van der Waals surface area contributed by atoms with E-state index in [2.05, 4.69) is 11.1 Å². The van der Waals surface area contributed by atoms with Crippen molar-refractivity contribution in [1.29, 1.82) is 0 Å². The van der Waals surface area contributed by atoms with Crippen molar-refractivity contribution in [1.82, 2.24) is 9.97 Å². The van der Waals surface area contributed by atoms with Gasteiger partial charge in [-0.15, -0.1) is 0 Å². The average molecular weight is 279 g/mol. The molecule has 1 aliphatic rings. The van der Waals surface area contributed by atoms with Gasteiger partial charge in [0.15, 0.2) is 5.76 Å². The molecule has 3 aromatic rings. The smallest absolute Gasteiger partial charge is 0.154 e. The van der Waals surface area contributed by atoms with E-state index >= 15 is 0 Å². The molecule has 4 heteroatoms. The van der Waals surface area contributed by atoms with Crippen LogP contribution >= 0.6 is 0 Å². The van der Waals surface area contributed by atoms with Crippen LogP contribution in [0.15, 0.2) is 28.7 Å². The molecule has 4 rings (SSSR count). The number of nitrogen functional groups attached to an aromatic ring is 1. The van der Waals surface area contributed by atoms with Gasteiger partial charge in [-0.1, -0.05) is 18.2 Å². The van der Waals surface area contributed by atoms with Crippen LogP contribution in [0.3, 0.4) is 0 Å². The number of aromatic nitrogens is 2. The van der Waals surface area contributed by atoms with Crippen LogP contribution in [0.25, 0.3) is 22.4 Å². The summed E-state index contributed by atoms with van der Waals surface area (Å²) in [6.07, 6.45) is 2.31. The summed E-state index contributed by atoms with van der Waals surface area (Å²) in [5.74, 6) is 2.65. The maximum absolute atomic E-state index is 6.06. The van der Waals surface area contributed by atoms with Crippen molar-refractivity contribution in [3.8, 4) is 11.5 Å². The number of hydrogen-bond donors (Lipinski definition) is 1. The highest BCUT2D eigenvalue weighted by Crippen LogP contribution is 2.40. The van der Waals surface area contributed by atoms with Gasteiger partial charge in [-0.3, -0.25) is 0 Å². The van der Waals surface area contributed by atoms with Gasteiger partial charge in [-0.25, -0.2) is 9.97 Å². The van der Waals surface area contributed by atoms with E-state index in [1.165, 1.54) is 0 Å². The fourth-order valence-electron chi connectivity index (χ4n) is 2.64. The molecule has 0 bridgehead atoms. The van der Waals surface area contributed by atoms with Gasteiger partial charge in [0.1, 0.15) is 22.9 Å². The van der Waals surface area contributed by atoms with E-state index in [0.29, 0.717) is 11.7 Å². The molecule has 0 saturated heterocycles. The Hall–Kier alpha value is -2.36. The molecule has 2 heterocycles. The van der Waals surface area contributed by atoms with E-state index in [1.807, 2.05) is 32.0 Å². The normalized spacial score (nSPS) is 14.8. The molecule has 0 unspecified atom stereocenters. The minimum atomic E-state index is 0.470. The summed E-state index contributed by atoms with van der Waals surface area (Å²) in [5, 5.41) is 1.09. The van der Waals surface area contributed by atoms with Gasteiger partial charge in [0, 0.05) is 16.9 Å². The number of aryl methyl sites for hydroxylation is 1. The summed E-state index contributed by atoms with van der Waals surface area (Å²) in [6, 6.07) is 8.17. The van der Waals surface area contributed by atoms with E-state index in [9.17, 15) is 0 Å². The number of benzene rings is 1. The van der Waals surface area contributed by atoms with Crippen LogP contribution in [-0.4, -0.2) is 9.97 Å². The van der Waals surface area contributed by atoms with Crippen molar-refractivity contribution in [3.63, 3.8) is 0 Å². The number of nitrogens with zero attached hydrogens (tertiary/aromatic N) is 2. The standard InChI is InChI=1S/C17H17N3O/c1-9-4-3-5-12-8-13(21-15(9)12)14-10(2)16(18)20-17(19-14)11-6-7-11/h3-5,8,11H,6-7H2,1-2H3,(H2,18,19,20). The summed E-state index contributed by atoms with van der Waals surface area (Å²) in [5.41, 5.74) is 9.80. The zero-order valence-corrected chi connectivity index (χ0v) is 12.2. The first-order chi connectivity index (χ1) is 10.1. The third kappa shape index (κ3) is 1.98. The highest BCUT2D eigenvalue weighted by Gasteiger charge is 2.28. The molecule has 0 spiro atoms. The molecule has 0 atom stereocenters. The first-order valence-electron chi connectivity index (χ1n) is 7.27. The van der Waals surface area contributed by atoms with Crippen molar-refractivity contribution in [2.75, 3.05) is 5.73 Å². The Morgan fingerprint density at radius 2 is 2.00 bits per heavy atom. The summed E-state index contributed by atoms with van der Waals surface area (Å²) < 4.78 is 6.03. The molecular formula is C17H17N3O. The van der Waals surface area contributed by atoms with Gasteiger partial charge in [0.2, 0.25) is 0 Å². The molecule has 106 valence electrons. The van der Waals surface area contributed by atoms with Crippen molar-refractivity contribution in [2.24, 2.45) is 0 Å². The molecule has 1 aromatic carbocycles. The predicted octanol–water partition coefficient (Wildman–Crippen LogP) is 3.97. The zero-order chi connectivity index (χ0) is 14.6. The minimum Gasteiger partial charge on any atom is -0.454 e. The Kier molecular flexibility index (Phi) is 2.55. The lowest BCUT2D eigenvalue weighted by Crippen LogP contribution is -2.03. The molecule has 2 aromatic heterocycles. The Labute approximate surface area is 123 Å². The second kappa shape index (κ2) is 4.32. The van der Waals surface area contributed by atoms with Crippen LogP contribution in [-0.2, 0) is 0 Å². The van der Waals surface area contributed by atoms with Crippen LogP contribution in [0.4, 0.5) is 5.82 Å². The monoisotopic (exact) mass is 279 g/mol. The zero-order valence-electron chi connectivity index (χ0n) is 12.2. The second-order valence-corrected chi connectivity index (χ2v) is 5.82. The van der Waals surface area contributed by atoms with Crippen molar-refractivity contribution >= 4 is 16.8 Å². The van der Waals surface area contributed by atoms with Crippen molar-refractivity contribution in [2.45, 2.75) is 32.6 Å². The van der Waals surface area contributed by atoms with E-state index in [1.54, 1.807) is 0 Å². The van der Waals surface area contributed by atoms with Gasteiger partial charge >= 0.3 is 0 Å². The van der Waals surface area contributed by atoms with Gasteiger partial charge in [-0.05, 0) is 38.3 Å². The fraction of sp³-hybridized carbons (Fsp3) is 0.294. The maximum Gasteiger partial charge on any atom is 0.154 e. The van der Waals surface area contributed by atoms with E-state index in [-0.39, 0.29) is 0 Å². The van der Waals surface area contributed by atoms with Gasteiger partial charge in [0.05, 0.1) is 0 Å². The third-order valence-electron chi connectivity index (χ3n) is 4.12. The second-order valence-electron chi connectivity index (χ2n) is 5.82. The predicted molar refractivity (Wildman–Crippen MR) is 83.1 cm³/mol. The number of nitrogens with two attached hydrogens (primary N) is 1. The van der Waals surface area contributed by atoms with Crippen LogP contribution in [0, 0.1) is 13.8 Å². The number of furan rings is 1. The van der Waals surface area contributed by atoms with Crippen molar-refractivity contribution in [3.05, 3.63) is 41.2 Å². The quantitative estimate of drug-likeness (QED) is 0.771. The summed E-state index contributed by atoms with van der Waals surface area (Å²) in [4.78, 5) is 9.12. The molecule has 0 amide bonds. The molecule has 1 saturated carbocycles. The fourth-order valence-corrected chi connectivity index (χ4v) is 2.64. The highest BCUT2D eigenvalue weighted by atomic mass is 16.3. The number of hydrogen-bond acceptors (Lipinski definition) is 4. The lowest BCUT2D eigenvalue weighted by atomic mass is 10.1. The number of para-hydroxylation sites is 1. The topological polar surface area (TPSA) is 64.9 Å². The van der Waals surface area contributed by atoms with Gasteiger partial charge < -0.3 is 10.2 Å². The lowest BCUT2D eigenvalue weighted by molar-refractivity contribution is 0.624. The van der Waals surface area contributed by atoms with E-state index in [0.717, 1.165) is 52.2 Å². The van der Waals surface area contributed by atoms with Crippen LogP contribution in [0.1, 0.15) is 35.7 Å². The number of rotatable bonds is 2. The number of anilines is 1. The van der Waals surface area contributed by atoms with Gasteiger partial charge in [0.25, 0.3) is 0 Å². The molecule has 2 N–H and O–H groups in total. The summed E-state index contributed by atoms with van der Waals surface area (Å²) in [7, 11) is 0. The Balaban J connectivity index is 1.93. The molecule has 0 aliphatic heterocycles. The first kappa shape index (κ1) is 12.4. The summed E-state index contributed by atoms with van der Waals surface area (Å²) in [6.45, 7) is 3.99. The van der Waals surface area contributed by atoms with Gasteiger partial charge in [-0.2, -0.15) is 0 Å². The van der Waals surface area contributed by atoms with Crippen molar-refractivity contribution < 1.29 is 4.42 Å². The molecular weight excluding hydrogens is 262 g/mol. The SMILES string of the molecule is Cc1c(N)nc(C2CC2)nc1-c1cc2cccc(C)c2o1.